The number of likely N-dealkylation sites (N-methyl/N-ethyl adjacent to an activating group) is 1. The van der Waals surface area contributed by atoms with Crippen LogP contribution in [0.1, 0.15) is 29.8 Å². The number of amides is 1. The van der Waals surface area contributed by atoms with Crippen molar-refractivity contribution >= 4 is 17.7 Å². The van der Waals surface area contributed by atoms with Gasteiger partial charge in [0, 0.05) is 17.8 Å². The molecule has 0 bridgehead atoms. The zero-order valence-corrected chi connectivity index (χ0v) is 18.5. The van der Waals surface area contributed by atoms with Crippen molar-refractivity contribution in [3.63, 3.8) is 0 Å². The van der Waals surface area contributed by atoms with E-state index in [0.717, 1.165) is 0 Å². The first kappa shape index (κ1) is 24.0. The molecule has 2 aromatic carbocycles. The van der Waals surface area contributed by atoms with Gasteiger partial charge in [0.05, 0.1) is 18.8 Å². The number of benzene rings is 2. The molecule has 0 fully saturated rings. The molecule has 31 heavy (non-hydrogen) atoms. The van der Waals surface area contributed by atoms with Crippen molar-refractivity contribution in [2.75, 3.05) is 45.8 Å². The van der Waals surface area contributed by atoms with E-state index in [-0.39, 0.29) is 6.61 Å². The second-order valence-corrected chi connectivity index (χ2v) is 6.85. The van der Waals surface area contributed by atoms with Crippen molar-refractivity contribution in [2.24, 2.45) is 0 Å². The normalized spacial score (nSPS) is 10.5. The zero-order valence-electron chi connectivity index (χ0n) is 18.5. The van der Waals surface area contributed by atoms with Gasteiger partial charge in [0.2, 0.25) is 0 Å². The Labute approximate surface area is 183 Å². The lowest BCUT2D eigenvalue weighted by atomic mass is 10.2. The molecule has 0 aromatic heterocycles. The van der Waals surface area contributed by atoms with Crippen molar-refractivity contribution in [3.8, 4) is 11.5 Å². The number of nitrogens with one attached hydrogen (secondary N) is 1. The highest BCUT2D eigenvalue weighted by Gasteiger charge is 2.11. The van der Waals surface area contributed by atoms with Crippen LogP contribution in [-0.2, 0) is 16.1 Å². The van der Waals surface area contributed by atoms with Crippen LogP contribution in [0.3, 0.4) is 0 Å². The predicted molar refractivity (Wildman–Crippen MR) is 118 cm³/mol. The van der Waals surface area contributed by atoms with Crippen molar-refractivity contribution in [1.82, 2.24) is 4.90 Å². The summed E-state index contributed by atoms with van der Waals surface area (Å²) >= 11 is 0. The first-order chi connectivity index (χ1) is 14.9. The summed E-state index contributed by atoms with van der Waals surface area (Å²) < 4.78 is 21.6. The molecule has 0 atom stereocenters. The highest BCUT2D eigenvalue weighted by Crippen LogP contribution is 2.25. The van der Waals surface area contributed by atoms with Gasteiger partial charge in [-0.2, -0.15) is 0 Å². The lowest BCUT2D eigenvalue weighted by Gasteiger charge is -2.13. The molecular weight excluding hydrogens is 400 g/mol. The van der Waals surface area contributed by atoms with E-state index in [0.29, 0.717) is 54.7 Å². The Morgan fingerprint density at radius 1 is 0.935 bits per heavy atom. The third-order valence-corrected chi connectivity index (χ3v) is 4.14. The van der Waals surface area contributed by atoms with Crippen LogP contribution in [0.15, 0.2) is 42.5 Å². The summed E-state index contributed by atoms with van der Waals surface area (Å²) in [5.41, 5.74) is 1.62. The van der Waals surface area contributed by atoms with Gasteiger partial charge in [0.1, 0.15) is 24.7 Å². The van der Waals surface area contributed by atoms with Crippen LogP contribution in [0.25, 0.3) is 0 Å². The zero-order chi connectivity index (χ0) is 22.6. The molecule has 8 nitrogen and oxygen atoms in total. The lowest BCUT2D eigenvalue weighted by molar-refractivity contribution is 0.0482. The average molecular weight is 431 g/mol. The van der Waals surface area contributed by atoms with Crippen molar-refractivity contribution < 1.29 is 28.5 Å². The third-order valence-electron chi connectivity index (χ3n) is 4.14. The molecule has 1 N–H and O–H groups in total. The summed E-state index contributed by atoms with van der Waals surface area (Å²) in [5.74, 6) is 0.905. The van der Waals surface area contributed by atoms with E-state index in [1.807, 2.05) is 38.9 Å². The smallest absolute Gasteiger partial charge is 0.411 e. The minimum absolute atomic E-state index is 0.0262. The van der Waals surface area contributed by atoms with E-state index < -0.39 is 12.1 Å². The van der Waals surface area contributed by atoms with E-state index in [1.54, 1.807) is 36.4 Å². The van der Waals surface area contributed by atoms with Crippen LogP contribution >= 0.6 is 0 Å². The van der Waals surface area contributed by atoms with E-state index >= 15 is 0 Å². The Balaban J connectivity index is 1.90. The number of ether oxygens (including phenoxy) is 4. The molecule has 2 rings (SSSR count). The lowest BCUT2D eigenvalue weighted by Crippen LogP contribution is -2.20. The van der Waals surface area contributed by atoms with Crippen LogP contribution in [-0.4, -0.2) is 57.4 Å². The van der Waals surface area contributed by atoms with E-state index in [2.05, 4.69) is 5.32 Å². The summed E-state index contributed by atoms with van der Waals surface area (Å²) in [5, 5.41) is 2.64. The van der Waals surface area contributed by atoms with Crippen molar-refractivity contribution in [2.45, 2.75) is 20.5 Å². The molecule has 0 aliphatic rings. The topological polar surface area (TPSA) is 86.3 Å². The quantitative estimate of drug-likeness (QED) is 0.540. The fourth-order valence-electron chi connectivity index (χ4n) is 2.61. The average Bonchev–Trinajstić information content (AvgIpc) is 2.74. The highest BCUT2D eigenvalue weighted by atomic mass is 16.6. The van der Waals surface area contributed by atoms with E-state index in [9.17, 15) is 9.59 Å². The third kappa shape index (κ3) is 8.18. The predicted octanol–water partition coefficient (Wildman–Crippen LogP) is 3.95. The largest absolute Gasteiger partial charge is 0.494 e. The van der Waals surface area contributed by atoms with Crippen LogP contribution in [0.4, 0.5) is 10.5 Å². The van der Waals surface area contributed by atoms with Gasteiger partial charge < -0.3 is 23.8 Å². The Hall–Kier alpha value is -3.26. The summed E-state index contributed by atoms with van der Waals surface area (Å²) in [6, 6.07) is 11.8. The molecular formula is C23H30N2O6. The van der Waals surface area contributed by atoms with Crippen molar-refractivity contribution in [1.29, 1.82) is 0 Å². The molecule has 0 unspecified atom stereocenters. The van der Waals surface area contributed by atoms with Gasteiger partial charge in [-0.3, -0.25) is 5.32 Å². The van der Waals surface area contributed by atoms with Crippen molar-refractivity contribution in [3.05, 3.63) is 53.6 Å². The van der Waals surface area contributed by atoms with E-state index in [1.165, 1.54) is 0 Å². The summed E-state index contributed by atoms with van der Waals surface area (Å²) in [6.07, 6.45) is -0.620. The number of anilines is 1. The van der Waals surface area contributed by atoms with Gasteiger partial charge >= 0.3 is 12.1 Å². The van der Waals surface area contributed by atoms with Gasteiger partial charge in [-0.1, -0.05) is 0 Å². The summed E-state index contributed by atoms with van der Waals surface area (Å²) in [4.78, 5) is 26.1. The van der Waals surface area contributed by atoms with Crippen LogP contribution < -0.4 is 14.8 Å². The number of esters is 1. The molecule has 0 radical (unpaired) electrons. The van der Waals surface area contributed by atoms with Crippen LogP contribution in [0, 0.1) is 0 Å². The molecule has 8 heteroatoms. The minimum atomic E-state index is -0.620. The summed E-state index contributed by atoms with van der Waals surface area (Å²) in [7, 11) is 3.81. The number of nitrogens with zero attached hydrogens (tertiary/aromatic N) is 1. The van der Waals surface area contributed by atoms with Gasteiger partial charge in [-0.25, -0.2) is 9.59 Å². The highest BCUT2D eigenvalue weighted by molar-refractivity contribution is 5.91. The number of hydrogen-bond donors (Lipinski definition) is 1. The molecule has 0 spiro atoms. The fraction of sp³-hybridized carbons (Fsp3) is 0.391. The fourth-order valence-corrected chi connectivity index (χ4v) is 2.61. The minimum Gasteiger partial charge on any atom is -0.494 e. The molecule has 1 amide bonds. The van der Waals surface area contributed by atoms with Crippen LogP contribution in [0.2, 0.25) is 0 Å². The standard InChI is InChI=1S/C23H30N2O6/c1-5-28-20-11-12-21(29-6-2)18(15-20)16-31-23(27)24-19-9-7-17(8-10-19)22(26)30-14-13-25(3)4/h7-12,15H,5-6,13-14,16H2,1-4H3,(H,24,27). The summed E-state index contributed by atoms with van der Waals surface area (Å²) in [6.45, 7) is 5.80. The molecule has 0 aliphatic heterocycles. The van der Waals surface area contributed by atoms with Gasteiger partial charge in [0.25, 0.3) is 0 Å². The molecule has 0 saturated carbocycles. The first-order valence-corrected chi connectivity index (χ1v) is 10.2. The Kier molecular flexibility index (Phi) is 9.64. The Bertz CT molecular complexity index is 852. The maximum absolute atomic E-state index is 12.2. The van der Waals surface area contributed by atoms with Crippen LogP contribution in [0.5, 0.6) is 11.5 Å². The maximum Gasteiger partial charge on any atom is 0.411 e. The Morgan fingerprint density at radius 3 is 2.29 bits per heavy atom. The Morgan fingerprint density at radius 2 is 1.65 bits per heavy atom. The molecule has 168 valence electrons. The number of carbonyl (C=O) groups excluding carboxylic acids is 2. The van der Waals surface area contributed by atoms with Gasteiger partial charge in [-0.05, 0) is 70.4 Å². The monoisotopic (exact) mass is 430 g/mol. The molecule has 0 aliphatic carbocycles. The van der Waals surface area contributed by atoms with E-state index in [4.69, 9.17) is 18.9 Å². The number of carbonyl (C=O) groups is 2. The molecule has 2 aromatic rings. The molecule has 0 saturated heterocycles. The maximum atomic E-state index is 12.2. The van der Waals surface area contributed by atoms with Gasteiger partial charge in [-0.15, -0.1) is 0 Å². The SMILES string of the molecule is CCOc1ccc(OCC)c(COC(=O)Nc2ccc(C(=O)OCCN(C)C)cc2)c1. The number of hydrogen-bond acceptors (Lipinski definition) is 7. The molecule has 0 heterocycles. The second kappa shape index (κ2) is 12.4. The second-order valence-electron chi connectivity index (χ2n) is 6.85. The van der Waals surface area contributed by atoms with Gasteiger partial charge in [0.15, 0.2) is 0 Å². The number of rotatable bonds is 11. The first-order valence-electron chi connectivity index (χ1n) is 10.2.